The van der Waals surface area contributed by atoms with Gasteiger partial charge in [0.2, 0.25) is 5.88 Å². The molecule has 0 unspecified atom stereocenters. The summed E-state index contributed by atoms with van der Waals surface area (Å²) in [6.45, 7) is 0. The number of rotatable bonds is 3. The van der Waals surface area contributed by atoms with Crippen LogP contribution in [-0.4, -0.2) is 25.2 Å². The van der Waals surface area contributed by atoms with Crippen LogP contribution in [0.4, 0.5) is 13.2 Å². The largest absolute Gasteiger partial charge is 0.480 e. The number of alkyl halides is 3. The summed E-state index contributed by atoms with van der Waals surface area (Å²) in [7, 11) is 2.57. The fraction of sp³-hybridized carbons (Fsp3) is 0.200. The minimum atomic E-state index is -4.39. The van der Waals surface area contributed by atoms with Gasteiger partial charge in [0.05, 0.1) is 25.5 Å². The van der Waals surface area contributed by atoms with Crippen molar-refractivity contribution in [3.63, 3.8) is 0 Å². The van der Waals surface area contributed by atoms with E-state index < -0.39 is 17.7 Å². The van der Waals surface area contributed by atoms with Crippen LogP contribution < -0.4 is 4.74 Å². The molecule has 2 rings (SSSR count). The fourth-order valence-electron chi connectivity index (χ4n) is 1.85. The number of pyridine rings is 1. The van der Waals surface area contributed by atoms with Gasteiger partial charge in [0.25, 0.3) is 0 Å². The molecule has 0 aliphatic heterocycles. The molecule has 0 saturated heterocycles. The molecule has 22 heavy (non-hydrogen) atoms. The first-order valence-corrected chi connectivity index (χ1v) is 6.18. The Morgan fingerprint density at radius 1 is 1.05 bits per heavy atom. The van der Waals surface area contributed by atoms with E-state index in [0.717, 1.165) is 12.1 Å². The van der Waals surface area contributed by atoms with Crippen LogP contribution in [-0.2, 0) is 10.9 Å². The number of halogens is 3. The summed E-state index contributed by atoms with van der Waals surface area (Å²) in [5.41, 5.74) is 0.260. The standard InChI is InChI=1S/C15H12F3NO3/c1-21-13-11(14(20)22-2)7-8-12(19-13)9-3-5-10(6-4-9)15(16,17)18/h3-8H,1-2H3. The van der Waals surface area contributed by atoms with Crippen molar-refractivity contribution in [2.75, 3.05) is 14.2 Å². The molecule has 0 N–H and O–H groups in total. The molecule has 7 heteroatoms. The Bertz CT molecular complexity index is 681. The summed E-state index contributed by atoms with van der Waals surface area (Å²) in [5, 5.41) is 0. The van der Waals surface area contributed by atoms with E-state index in [4.69, 9.17) is 4.74 Å². The Labute approximate surface area is 124 Å². The number of hydrogen-bond acceptors (Lipinski definition) is 4. The maximum absolute atomic E-state index is 12.5. The first-order chi connectivity index (χ1) is 10.4. The number of aromatic nitrogens is 1. The molecule has 0 saturated carbocycles. The molecule has 0 amide bonds. The average molecular weight is 311 g/mol. The Morgan fingerprint density at radius 2 is 1.68 bits per heavy atom. The zero-order valence-electron chi connectivity index (χ0n) is 11.8. The van der Waals surface area contributed by atoms with Crippen molar-refractivity contribution in [3.8, 4) is 17.1 Å². The molecule has 0 fully saturated rings. The van der Waals surface area contributed by atoms with Crippen molar-refractivity contribution in [2.45, 2.75) is 6.18 Å². The number of nitrogens with zero attached hydrogens (tertiary/aromatic N) is 1. The normalized spacial score (nSPS) is 11.1. The molecule has 1 aromatic heterocycles. The number of ether oxygens (including phenoxy) is 2. The van der Waals surface area contributed by atoms with Gasteiger partial charge in [-0.25, -0.2) is 9.78 Å². The third-order valence-corrected chi connectivity index (χ3v) is 2.97. The van der Waals surface area contributed by atoms with Crippen molar-refractivity contribution in [1.82, 2.24) is 4.98 Å². The monoisotopic (exact) mass is 311 g/mol. The number of benzene rings is 1. The van der Waals surface area contributed by atoms with E-state index >= 15 is 0 Å². The average Bonchev–Trinajstić information content (AvgIpc) is 2.52. The molecule has 0 bridgehead atoms. The van der Waals surface area contributed by atoms with Crippen molar-refractivity contribution >= 4 is 5.97 Å². The highest BCUT2D eigenvalue weighted by atomic mass is 19.4. The van der Waals surface area contributed by atoms with Crippen molar-refractivity contribution < 1.29 is 27.4 Å². The number of hydrogen-bond donors (Lipinski definition) is 0. The highest BCUT2D eigenvalue weighted by Crippen LogP contribution is 2.31. The molecule has 0 atom stereocenters. The lowest BCUT2D eigenvalue weighted by atomic mass is 10.1. The van der Waals surface area contributed by atoms with Crippen molar-refractivity contribution in [1.29, 1.82) is 0 Å². The summed E-state index contributed by atoms with van der Waals surface area (Å²) in [6, 6.07) is 7.52. The van der Waals surface area contributed by atoms with E-state index in [-0.39, 0.29) is 11.4 Å². The molecule has 116 valence electrons. The smallest absolute Gasteiger partial charge is 0.416 e. The van der Waals surface area contributed by atoms with Gasteiger partial charge in [-0.2, -0.15) is 13.2 Å². The van der Waals surface area contributed by atoms with Gasteiger partial charge in [0, 0.05) is 5.56 Å². The van der Waals surface area contributed by atoms with Crippen LogP contribution >= 0.6 is 0 Å². The van der Waals surface area contributed by atoms with Gasteiger partial charge in [-0.3, -0.25) is 0 Å². The summed E-state index contributed by atoms with van der Waals surface area (Å²) < 4.78 is 47.2. The highest BCUT2D eigenvalue weighted by Gasteiger charge is 2.30. The van der Waals surface area contributed by atoms with Gasteiger partial charge in [0.15, 0.2) is 0 Å². The summed E-state index contributed by atoms with van der Waals surface area (Å²) in [5.74, 6) is -0.562. The van der Waals surface area contributed by atoms with Crippen LogP contribution in [0.15, 0.2) is 36.4 Å². The van der Waals surface area contributed by atoms with E-state index in [1.165, 1.54) is 38.5 Å². The second-order valence-electron chi connectivity index (χ2n) is 4.32. The summed E-state index contributed by atoms with van der Waals surface area (Å²) >= 11 is 0. The van der Waals surface area contributed by atoms with Gasteiger partial charge in [-0.05, 0) is 24.3 Å². The number of esters is 1. The predicted molar refractivity (Wildman–Crippen MR) is 72.6 cm³/mol. The fourth-order valence-corrected chi connectivity index (χ4v) is 1.85. The molecule has 1 heterocycles. The Kier molecular flexibility index (Phi) is 4.35. The van der Waals surface area contributed by atoms with Crippen LogP contribution in [0.1, 0.15) is 15.9 Å². The van der Waals surface area contributed by atoms with Gasteiger partial charge in [-0.1, -0.05) is 12.1 Å². The van der Waals surface area contributed by atoms with E-state index in [1.54, 1.807) is 0 Å². The Hall–Kier alpha value is -2.57. The van der Waals surface area contributed by atoms with Crippen molar-refractivity contribution in [2.24, 2.45) is 0 Å². The summed E-state index contributed by atoms with van der Waals surface area (Å²) in [6.07, 6.45) is -4.39. The zero-order chi connectivity index (χ0) is 16.3. The first-order valence-electron chi connectivity index (χ1n) is 6.18. The molecule has 0 radical (unpaired) electrons. The quantitative estimate of drug-likeness (QED) is 0.813. The van der Waals surface area contributed by atoms with Gasteiger partial charge in [-0.15, -0.1) is 0 Å². The molecule has 2 aromatic rings. The summed E-state index contributed by atoms with van der Waals surface area (Å²) in [4.78, 5) is 15.6. The van der Waals surface area contributed by atoms with E-state index in [0.29, 0.717) is 11.3 Å². The SMILES string of the molecule is COC(=O)c1ccc(-c2ccc(C(F)(F)F)cc2)nc1OC. The molecule has 0 aliphatic carbocycles. The van der Waals surface area contributed by atoms with Gasteiger partial charge < -0.3 is 9.47 Å². The topological polar surface area (TPSA) is 48.4 Å². The maximum Gasteiger partial charge on any atom is 0.416 e. The number of carbonyl (C=O) groups is 1. The second-order valence-corrected chi connectivity index (χ2v) is 4.32. The van der Waals surface area contributed by atoms with Crippen molar-refractivity contribution in [3.05, 3.63) is 47.5 Å². The van der Waals surface area contributed by atoms with E-state index in [2.05, 4.69) is 9.72 Å². The van der Waals surface area contributed by atoms with Crippen LogP contribution in [0.3, 0.4) is 0 Å². The molecular weight excluding hydrogens is 299 g/mol. The molecule has 0 spiro atoms. The minimum Gasteiger partial charge on any atom is -0.480 e. The molecule has 4 nitrogen and oxygen atoms in total. The zero-order valence-corrected chi connectivity index (χ0v) is 11.8. The third-order valence-electron chi connectivity index (χ3n) is 2.97. The van der Waals surface area contributed by atoms with Gasteiger partial charge in [0.1, 0.15) is 5.56 Å². The van der Waals surface area contributed by atoms with E-state index in [9.17, 15) is 18.0 Å². The molecule has 1 aromatic carbocycles. The molecular formula is C15H12F3NO3. The maximum atomic E-state index is 12.5. The first kappa shape index (κ1) is 15.8. The number of carbonyl (C=O) groups excluding carboxylic acids is 1. The Balaban J connectivity index is 2.39. The van der Waals surface area contributed by atoms with E-state index in [1.807, 2.05) is 0 Å². The van der Waals surface area contributed by atoms with Crippen LogP contribution in [0, 0.1) is 0 Å². The minimum absolute atomic E-state index is 0.0456. The lowest BCUT2D eigenvalue weighted by molar-refractivity contribution is -0.137. The third kappa shape index (κ3) is 3.19. The highest BCUT2D eigenvalue weighted by molar-refractivity contribution is 5.92. The predicted octanol–water partition coefficient (Wildman–Crippen LogP) is 3.56. The Morgan fingerprint density at radius 3 is 2.18 bits per heavy atom. The van der Waals surface area contributed by atoms with Crippen LogP contribution in [0.5, 0.6) is 5.88 Å². The van der Waals surface area contributed by atoms with Gasteiger partial charge >= 0.3 is 12.1 Å². The lowest BCUT2D eigenvalue weighted by Crippen LogP contribution is -2.06. The van der Waals surface area contributed by atoms with Crippen LogP contribution in [0.25, 0.3) is 11.3 Å². The number of methoxy groups -OCH3 is 2. The lowest BCUT2D eigenvalue weighted by Gasteiger charge is -2.10. The second kappa shape index (κ2) is 6.05. The molecule has 0 aliphatic rings. The van der Waals surface area contributed by atoms with Crippen LogP contribution in [0.2, 0.25) is 0 Å².